The molecule has 0 amide bonds. The monoisotopic (exact) mass is 321 g/mol. The molecule has 0 aliphatic heterocycles. The smallest absolute Gasteiger partial charge is 0.346 e. The van der Waals surface area contributed by atoms with Crippen molar-refractivity contribution < 1.29 is 18.2 Å². The van der Waals surface area contributed by atoms with E-state index in [1.165, 1.54) is 17.8 Å². The number of anilines is 1. The molecule has 0 saturated carbocycles. The van der Waals surface area contributed by atoms with Crippen molar-refractivity contribution in [3.63, 3.8) is 0 Å². The van der Waals surface area contributed by atoms with Gasteiger partial charge in [0.2, 0.25) is 5.82 Å². The van der Waals surface area contributed by atoms with E-state index in [-0.39, 0.29) is 5.82 Å². The molecule has 0 radical (unpaired) electrons. The minimum Gasteiger partial charge on any atom is -0.346 e. The summed E-state index contributed by atoms with van der Waals surface area (Å²) < 4.78 is 37.3. The normalized spacial score (nSPS) is 12.1. The van der Waals surface area contributed by atoms with Crippen molar-refractivity contribution in [3.05, 3.63) is 66.3 Å². The quantitative estimate of drug-likeness (QED) is 0.798. The van der Waals surface area contributed by atoms with Crippen LogP contribution in [0.15, 0.2) is 54.9 Å². The molecule has 0 unspecified atom stereocenters. The summed E-state index contributed by atoms with van der Waals surface area (Å²) in [6.45, 7) is 0.764. The minimum atomic E-state index is -4.55. The van der Waals surface area contributed by atoms with Crippen molar-refractivity contribution in [2.75, 3.05) is 11.9 Å². The Morgan fingerprint density at radius 1 is 1.13 bits per heavy atom. The van der Waals surface area contributed by atoms with Crippen LogP contribution in [0.4, 0.5) is 19.0 Å². The van der Waals surface area contributed by atoms with E-state index in [0.29, 0.717) is 0 Å². The fourth-order valence-electron chi connectivity index (χ4n) is 1.77. The van der Waals surface area contributed by atoms with Crippen molar-refractivity contribution in [1.82, 2.24) is 9.97 Å². The van der Waals surface area contributed by atoms with E-state index in [1.807, 2.05) is 30.3 Å². The number of allylic oxidation sites excluding steroid dienone is 1. The van der Waals surface area contributed by atoms with Crippen LogP contribution in [0.3, 0.4) is 0 Å². The van der Waals surface area contributed by atoms with Gasteiger partial charge in [0.1, 0.15) is 12.4 Å². The summed E-state index contributed by atoms with van der Waals surface area (Å²) >= 11 is 0. The summed E-state index contributed by atoms with van der Waals surface area (Å²) in [6.07, 6.45) is 2.26. The lowest BCUT2D eigenvalue weighted by Gasteiger charge is -2.05. The summed E-state index contributed by atoms with van der Waals surface area (Å²) in [6, 6.07) is 11.4. The van der Waals surface area contributed by atoms with Crippen LogP contribution in [0.5, 0.6) is 0 Å². The predicted octanol–water partition coefficient (Wildman–Crippen LogP) is 1.82. The summed E-state index contributed by atoms with van der Waals surface area (Å²) in [7, 11) is 0. The molecule has 0 aliphatic rings. The van der Waals surface area contributed by atoms with Gasteiger partial charge in [0, 0.05) is 24.9 Å². The van der Waals surface area contributed by atoms with E-state index in [0.717, 1.165) is 19.2 Å². The number of alkyl halides is 3. The highest BCUT2D eigenvalue weighted by atomic mass is 19.4. The largest absolute Gasteiger partial charge is 0.451 e. The van der Waals surface area contributed by atoms with E-state index in [4.69, 9.17) is 0 Å². The van der Waals surface area contributed by atoms with Crippen LogP contribution in [0.25, 0.3) is 0 Å². The molecule has 0 spiro atoms. The molecule has 4 nitrogen and oxygen atoms in total. The molecule has 2 N–H and O–H groups in total. The molecule has 0 saturated heterocycles. The van der Waals surface area contributed by atoms with Gasteiger partial charge in [-0.1, -0.05) is 30.3 Å². The van der Waals surface area contributed by atoms with Crippen LogP contribution in [0.2, 0.25) is 0 Å². The third kappa shape index (κ3) is 5.90. The lowest BCUT2D eigenvalue weighted by molar-refractivity contribution is -0.450. The second-order valence-corrected chi connectivity index (χ2v) is 4.62. The highest BCUT2D eigenvalue weighted by Crippen LogP contribution is 2.26. The molecule has 1 heterocycles. The Bertz CT molecular complexity index is 667. The first-order chi connectivity index (χ1) is 11.1. The molecule has 0 aliphatic carbocycles. The van der Waals surface area contributed by atoms with Gasteiger partial charge < -0.3 is 5.32 Å². The van der Waals surface area contributed by atoms with Gasteiger partial charge in [0.15, 0.2) is 6.21 Å². The molecule has 120 valence electrons. The zero-order valence-corrected chi connectivity index (χ0v) is 12.2. The molecule has 1 aromatic heterocycles. The van der Waals surface area contributed by atoms with E-state index < -0.39 is 12.0 Å². The third-order valence-electron chi connectivity index (χ3n) is 2.85. The fraction of sp³-hybridized carbons (Fsp3) is 0.188. The van der Waals surface area contributed by atoms with E-state index in [2.05, 4.69) is 20.3 Å². The number of rotatable bonds is 6. The number of hydrogen-bond acceptors (Lipinski definition) is 3. The molecule has 0 atom stereocenters. The molecule has 2 rings (SSSR count). The SMILES string of the molecule is FC(F)(F)c1nccc(N/C=C/C=[NH+]CCc2ccccc2)n1. The molecule has 7 heteroatoms. The van der Waals surface area contributed by atoms with Crippen LogP contribution >= 0.6 is 0 Å². The van der Waals surface area contributed by atoms with Gasteiger partial charge in [-0.05, 0) is 11.6 Å². The maximum absolute atomic E-state index is 12.4. The number of halogens is 3. The standard InChI is InChI=1S/C16H15F3N4/c17-16(18,19)15-22-12-8-14(23-15)21-10-4-9-20-11-7-13-5-2-1-3-6-13/h1-6,8-10,12H,7,11H2,(H,21,22,23)/p+1/b10-4+,20-9?. The third-order valence-corrected chi connectivity index (χ3v) is 2.85. The molecule has 1 aromatic carbocycles. The van der Waals surface area contributed by atoms with Crippen molar-refractivity contribution in [3.8, 4) is 0 Å². The van der Waals surface area contributed by atoms with Crippen LogP contribution in [-0.4, -0.2) is 22.7 Å². The summed E-state index contributed by atoms with van der Waals surface area (Å²) in [5.41, 5.74) is 1.23. The zero-order chi connectivity index (χ0) is 16.5. The fourth-order valence-corrected chi connectivity index (χ4v) is 1.77. The Labute approximate surface area is 131 Å². The first-order valence-electron chi connectivity index (χ1n) is 6.98. The van der Waals surface area contributed by atoms with Gasteiger partial charge in [-0.3, -0.25) is 0 Å². The lowest BCUT2D eigenvalue weighted by atomic mass is 10.2. The highest BCUT2D eigenvalue weighted by molar-refractivity contribution is 5.66. The van der Waals surface area contributed by atoms with Gasteiger partial charge in [-0.15, -0.1) is 0 Å². The summed E-state index contributed by atoms with van der Waals surface area (Å²) in [5, 5.41) is 2.66. The topological polar surface area (TPSA) is 51.8 Å². The summed E-state index contributed by atoms with van der Waals surface area (Å²) in [5.74, 6) is -1.08. The van der Waals surface area contributed by atoms with Gasteiger partial charge in [0.05, 0.1) is 0 Å². The van der Waals surface area contributed by atoms with Gasteiger partial charge in [0.25, 0.3) is 0 Å². The Morgan fingerprint density at radius 3 is 2.65 bits per heavy atom. The number of hydrogen-bond donors (Lipinski definition) is 2. The van der Waals surface area contributed by atoms with E-state index in [9.17, 15) is 13.2 Å². The number of nitrogens with one attached hydrogen (secondary N) is 2. The Kier molecular flexibility index (Phi) is 5.85. The Morgan fingerprint density at radius 2 is 1.91 bits per heavy atom. The summed E-state index contributed by atoms with van der Waals surface area (Å²) in [4.78, 5) is 9.66. The maximum atomic E-state index is 12.4. The van der Waals surface area contributed by atoms with Crippen LogP contribution in [0.1, 0.15) is 11.4 Å². The predicted molar refractivity (Wildman–Crippen MR) is 81.8 cm³/mol. The first kappa shape index (κ1) is 16.7. The second-order valence-electron chi connectivity index (χ2n) is 4.62. The van der Waals surface area contributed by atoms with Crippen molar-refractivity contribution in [2.24, 2.45) is 0 Å². The number of nitrogens with zero attached hydrogens (tertiary/aromatic N) is 2. The van der Waals surface area contributed by atoms with Crippen molar-refractivity contribution in [1.29, 1.82) is 0 Å². The molecule has 2 aromatic rings. The zero-order valence-electron chi connectivity index (χ0n) is 12.2. The van der Waals surface area contributed by atoms with Crippen LogP contribution < -0.4 is 10.3 Å². The molecular weight excluding hydrogens is 305 g/mol. The molecule has 0 bridgehead atoms. The molecular formula is C16H16F3N4+. The van der Waals surface area contributed by atoms with Crippen molar-refractivity contribution >= 4 is 12.0 Å². The average molecular weight is 321 g/mol. The van der Waals surface area contributed by atoms with Crippen LogP contribution in [-0.2, 0) is 12.6 Å². The lowest BCUT2D eigenvalue weighted by Crippen LogP contribution is -2.69. The maximum Gasteiger partial charge on any atom is 0.451 e. The van der Waals surface area contributed by atoms with E-state index >= 15 is 0 Å². The average Bonchev–Trinajstić information content (AvgIpc) is 2.54. The van der Waals surface area contributed by atoms with Gasteiger partial charge in [-0.2, -0.15) is 13.2 Å². The Hall–Kier alpha value is -2.70. The molecule has 0 fully saturated rings. The van der Waals surface area contributed by atoms with Crippen molar-refractivity contribution in [2.45, 2.75) is 12.6 Å². The van der Waals surface area contributed by atoms with Gasteiger partial charge >= 0.3 is 6.18 Å². The molecule has 23 heavy (non-hydrogen) atoms. The first-order valence-corrected chi connectivity index (χ1v) is 6.98. The minimum absolute atomic E-state index is 0.0845. The highest BCUT2D eigenvalue weighted by Gasteiger charge is 2.34. The second kappa shape index (κ2) is 8.07. The van der Waals surface area contributed by atoms with Crippen LogP contribution in [0, 0.1) is 0 Å². The van der Waals surface area contributed by atoms with E-state index in [1.54, 1.807) is 12.3 Å². The van der Waals surface area contributed by atoms with Gasteiger partial charge in [-0.25, -0.2) is 15.0 Å². The number of aromatic nitrogens is 2. The number of benzene rings is 1. The Balaban J connectivity index is 1.77.